The second kappa shape index (κ2) is 11.9. The minimum atomic E-state index is -0.594. The van der Waals surface area contributed by atoms with Crippen LogP contribution in [-0.2, 0) is 16.0 Å². The van der Waals surface area contributed by atoms with Gasteiger partial charge in [-0.3, -0.25) is 14.8 Å². The molecule has 1 aromatic heterocycles. The molecule has 0 bridgehead atoms. The highest BCUT2D eigenvalue weighted by atomic mass is 16.5. The molecule has 0 fully saturated rings. The number of H-pyrrole nitrogens is 1. The number of carbonyl (C=O) groups is 2. The Hall–Kier alpha value is -3.58. The number of nitrogens with one attached hydrogen (secondary N) is 3. The van der Waals surface area contributed by atoms with Gasteiger partial charge < -0.3 is 15.0 Å². The molecule has 0 aliphatic heterocycles. The van der Waals surface area contributed by atoms with Gasteiger partial charge >= 0.3 is 0 Å². The van der Waals surface area contributed by atoms with Gasteiger partial charge in [0.05, 0.1) is 6.04 Å². The molecule has 174 valence electrons. The molecule has 2 amide bonds. The van der Waals surface area contributed by atoms with Crippen LogP contribution in [0.5, 0.6) is 5.75 Å². The molecule has 7 heteroatoms. The average Bonchev–Trinajstić information content (AvgIpc) is 3.25. The molecule has 0 spiro atoms. The molecule has 1 heterocycles. The smallest absolute Gasteiger partial charge is 0.267 e. The van der Waals surface area contributed by atoms with Gasteiger partial charge in [-0.25, -0.2) is 5.48 Å². The van der Waals surface area contributed by atoms with Crippen LogP contribution in [0.15, 0.2) is 60.8 Å². The van der Waals surface area contributed by atoms with Crippen molar-refractivity contribution in [3.05, 3.63) is 71.9 Å². The molecule has 0 aliphatic rings. The van der Waals surface area contributed by atoms with Gasteiger partial charge in [0.2, 0.25) is 5.91 Å². The Morgan fingerprint density at radius 3 is 2.52 bits per heavy atom. The van der Waals surface area contributed by atoms with Crippen LogP contribution < -0.4 is 15.5 Å². The van der Waals surface area contributed by atoms with E-state index in [-0.39, 0.29) is 17.9 Å². The van der Waals surface area contributed by atoms with Crippen LogP contribution >= 0.6 is 0 Å². The van der Waals surface area contributed by atoms with Gasteiger partial charge in [-0.2, -0.15) is 0 Å². The Balaban J connectivity index is 1.70. The fourth-order valence-corrected chi connectivity index (χ4v) is 3.78. The fourth-order valence-electron chi connectivity index (χ4n) is 3.78. The Kier molecular flexibility index (Phi) is 8.66. The number of ether oxygens (including phenoxy) is 1. The van der Waals surface area contributed by atoms with Crippen molar-refractivity contribution in [2.75, 3.05) is 6.61 Å². The quantitative estimate of drug-likeness (QED) is 0.200. The third kappa shape index (κ3) is 6.70. The molecule has 0 unspecified atom stereocenters. The Bertz CT molecular complexity index is 1080. The first kappa shape index (κ1) is 24.1. The lowest BCUT2D eigenvalue weighted by Gasteiger charge is -2.22. The number of aromatic nitrogens is 1. The highest BCUT2D eigenvalue weighted by Crippen LogP contribution is 2.20. The summed E-state index contributed by atoms with van der Waals surface area (Å²) in [5.41, 5.74) is 4.55. The average molecular weight is 450 g/mol. The molecule has 0 saturated carbocycles. The number of hydrogen-bond donors (Lipinski definition) is 4. The van der Waals surface area contributed by atoms with Crippen LogP contribution in [0.3, 0.4) is 0 Å². The maximum atomic E-state index is 12.8. The van der Waals surface area contributed by atoms with Gasteiger partial charge in [-0.05, 0) is 54.7 Å². The number of carbonyl (C=O) groups excluding carboxylic acids is 2. The maximum Gasteiger partial charge on any atom is 0.267 e. The molecule has 2 aromatic carbocycles. The number of benzene rings is 2. The van der Waals surface area contributed by atoms with E-state index in [1.807, 2.05) is 62.5 Å². The lowest BCUT2D eigenvalue weighted by molar-refractivity contribution is -0.126. The molecule has 7 nitrogen and oxygen atoms in total. The normalized spacial score (nSPS) is 12.2. The summed E-state index contributed by atoms with van der Waals surface area (Å²) in [6.45, 7) is 4.38. The predicted octanol–water partition coefficient (Wildman–Crippen LogP) is 4.23. The highest BCUT2D eigenvalue weighted by molar-refractivity contribution is 5.90. The third-order valence-corrected chi connectivity index (χ3v) is 5.71. The van der Waals surface area contributed by atoms with E-state index in [4.69, 9.17) is 9.94 Å². The molecular formula is C26H31N3O4. The fraction of sp³-hybridized carbons (Fsp3) is 0.308. The number of fused-ring (bicyclic) bond motifs is 1. The van der Waals surface area contributed by atoms with Crippen LogP contribution in [0.4, 0.5) is 0 Å². The molecule has 0 aliphatic carbocycles. The molecule has 4 N–H and O–H groups in total. The summed E-state index contributed by atoms with van der Waals surface area (Å²) in [6, 6.07) is 15.2. The number of hydrogen-bond acceptors (Lipinski definition) is 4. The van der Waals surface area contributed by atoms with Gasteiger partial charge in [0.1, 0.15) is 12.4 Å². The second-order valence-electron chi connectivity index (χ2n) is 7.97. The summed E-state index contributed by atoms with van der Waals surface area (Å²) in [4.78, 5) is 27.2. The minimum Gasteiger partial charge on any atom is -0.491 e. The van der Waals surface area contributed by atoms with Crippen LogP contribution in [0.25, 0.3) is 17.0 Å². The van der Waals surface area contributed by atoms with Crippen molar-refractivity contribution in [2.24, 2.45) is 5.92 Å². The van der Waals surface area contributed by atoms with Crippen molar-refractivity contribution in [1.82, 2.24) is 15.8 Å². The summed E-state index contributed by atoms with van der Waals surface area (Å²) in [6.07, 6.45) is 7.06. The van der Waals surface area contributed by atoms with E-state index in [1.54, 1.807) is 11.6 Å². The second-order valence-corrected chi connectivity index (χ2v) is 7.97. The highest BCUT2D eigenvalue weighted by Gasteiger charge is 2.20. The summed E-state index contributed by atoms with van der Waals surface area (Å²) in [5, 5.41) is 12.9. The number of rotatable bonds is 11. The van der Waals surface area contributed by atoms with E-state index >= 15 is 0 Å². The summed E-state index contributed by atoms with van der Waals surface area (Å²) in [5.74, 6) is 0.108. The van der Waals surface area contributed by atoms with E-state index in [2.05, 4.69) is 16.4 Å². The van der Waals surface area contributed by atoms with Crippen molar-refractivity contribution in [2.45, 2.75) is 39.2 Å². The van der Waals surface area contributed by atoms with E-state index in [0.29, 0.717) is 18.8 Å². The molecule has 0 saturated heterocycles. The zero-order valence-electron chi connectivity index (χ0n) is 19.0. The zero-order chi connectivity index (χ0) is 23.6. The minimum absolute atomic E-state index is 0.0161. The Labute approximate surface area is 193 Å². The summed E-state index contributed by atoms with van der Waals surface area (Å²) < 4.78 is 6.01. The maximum absolute atomic E-state index is 12.8. The van der Waals surface area contributed by atoms with Gasteiger partial charge in [-0.1, -0.05) is 44.2 Å². The van der Waals surface area contributed by atoms with E-state index < -0.39 is 5.91 Å². The first-order valence-electron chi connectivity index (χ1n) is 11.2. The Morgan fingerprint density at radius 1 is 1.09 bits per heavy atom. The zero-order valence-corrected chi connectivity index (χ0v) is 19.0. The number of hydroxylamine groups is 1. The molecule has 3 aromatic rings. The van der Waals surface area contributed by atoms with Gasteiger partial charge in [0.15, 0.2) is 0 Å². The van der Waals surface area contributed by atoms with Gasteiger partial charge in [-0.15, -0.1) is 0 Å². The largest absolute Gasteiger partial charge is 0.491 e. The SMILES string of the molecule is CCC(CC)C(=O)N[C@H](COc1ccc(/C=C/C(=O)NO)cc1)Cc1c[nH]c2ccccc12. The van der Waals surface area contributed by atoms with Crippen LogP contribution in [0, 0.1) is 5.92 Å². The molecule has 3 rings (SSSR count). The first-order valence-corrected chi connectivity index (χ1v) is 11.2. The van der Waals surface area contributed by atoms with Crippen molar-refractivity contribution in [3.8, 4) is 5.75 Å². The topological polar surface area (TPSA) is 103 Å². The van der Waals surface area contributed by atoms with Crippen LogP contribution in [0.2, 0.25) is 0 Å². The van der Waals surface area contributed by atoms with Crippen LogP contribution in [0.1, 0.15) is 37.8 Å². The van der Waals surface area contributed by atoms with Gasteiger partial charge in [0, 0.05) is 29.1 Å². The summed E-state index contributed by atoms with van der Waals surface area (Å²) in [7, 11) is 0. The number of amides is 2. The third-order valence-electron chi connectivity index (χ3n) is 5.71. The molecular weight excluding hydrogens is 418 g/mol. The van der Waals surface area contributed by atoms with E-state index in [9.17, 15) is 9.59 Å². The monoisotopic (exact) mass is 449 g/mol. The first-order chi connectivity index (χ1) is 16.0. The van der Waals surface area contributed by atoms with Crippen LogP contribution in [-0.4, -0.2) is 34.7 Å². The van der Waals surface area contributed by atoms with Crippen molar-refractivity contribution >= 4 is 28.8 Å². The summed E-state index contributed by atoms with van der Waals surface area (Å²) >= 11 is 0. The van der Waals surface area contributed by atoms with Gasteiger partial charge in [0.25, 0.3) is 5.91 Å². The molecule has 0 radical (unpaired) electrons. The van der Waals surface area contributed by atoms with Crippen molar-refractivity contribution in [1.29, 1.82) is 0 Å². The standard InChI is InChI=1S/C26H31N3O4/c1-3-19(4-2)26(31)28-21(15-20-16-27-24-8-6-5-7-23(20)24)17-33-22-12-9-18(10-13-22)11-14-25(30)29-32/h5-14,16,19,21,27,32H,3-4,15,17H2,1-2H3,(H,28,31)(H,29,30)/b14-11+/t21-/m0/s1. The lowest BCUT2D eigenvalue weighted by Crippen LogP contribution is -2.43. The lowest BCUT2D eigenvalue weighted by atomic mass is 10.0. The molecule has 1 atom stereocenters. The van der Waals surface area contributed by atoms with E-state index in [0.717, 1.165) is 34.9 Å². The number of para-hydroxylation sites is 1. The molecule has 33 heavy (non-hydrogen) atoms. The number of aromatic amines is 1. The predicted molar refractivity (Wildman–Crippen MR) is 129 cm³/mol. The van der Waals surface area contributed by atoms with Crippen molar-refractivity contribution in [3.63, 3.8) is 0 Å². The van der Waals surface area contributed by atoms with E-state index in [1.165, 1.54) is 6.08 Å². The van der Waals surface area contributed by atoms with Crippen molar-refractivity contribution < 1.29 is 19.5 Å². The Morgan fingerprint density at radius 2 is 1.82 bits per heavy atom.